The molecule has 74 valence electrons. The van der Waals surface area contributed by atoms with Crippen molar-refractivity contribution < 1.29 is 0 Å². The molecule has 1 N–H and O–H groups in total. The summed E-state index contributed by atoms with van der Waals surface area (Å²) in [6.07, 6.45) is 0. The quantitative estimate of drug-likeness (QED) is 0.566. The van der Waals surface area contributed by atoms with Gasteiger partial charge in [0.25, 0.3) is 0 Å². The Kier molecular flexibility index (Phi) is 5.97. The Morgan fingerprint density at radius 2 is 1.92 bits per heavy atom. The zero-order chi connectivity index (χ0) is 9.61. The van der Waals surface area contributed by atoms with E-state index in [1.165, 1.54) is 0 Å². The first-order chi connectivity index (χ1) is 5.60. The van der Waals surface area contributed by atoms with Crippen LogP contribution in [0.3, 0.4) is 0 Å². The monoisotopic (exact) mass is 190 g/mol. The van der Waals surface area contributed by atoms with Gasteiger partial charge in [-0.3, -0.25) is 4.31 Å². The number of thiol groups is 1. The summed E-state index contributed by atoms with van der Waals surface area (Å²) >= 11 is 4.34. The van der Waals surface area contributed by atoms with Crippen LogP contribution in [0.25, 0.3) is 0 Å². The molecule has 1 fully saturated rings. The van der Waals surface area contributed by atoms with E-state index >= 15 is 0 Å². The van der Waals surface area contributed by atoms with Crippen molar-refractivity contribution in [3.63, 3.8) is 0 Å². The molecule has 1 aliphatic heterocycles. The van der Waals surface area contributed by atoms with E-state index in [1.807, 2.05) is 13.8 Å². The van der Waals surface area contributed by atoms with Crippen molar-refractivity contribution >= 4 is 12.8 Å². The number of hydrogen-bond acceptors (Lipinski definition) is 3. The summed E-state index contributed by atoms with van der Waals surface area (Å²) in [6.45, 7) is 12.8. The molecule has 0 unspecified atom stereocenters. The molecule has 0 aromatic rings. The first-order valence-electron chi connectivity index (χ1n) is 4.75. The van der Waals surface area contributed by atoms with E-state index in [4.69, 9.17) is 0 Å². The van der Waals surface area contributed by atoms with Gasteiger partial charge in [0.05, 0.1) is 0 Å². The lowest BCUT2D eigenvalue weighted by atomic mass is 9.94. The van der Waals surface area contributed by atoms with E-state index in [1.54, 1.807) is 0 Å². The average Bonchev–Trinajstić information content (AvgIpc) is 2.14. The van der Waals surface area contributed by atoms with E-state index in [9.17, 15) is 0 Å². The lowest BCUT2D eigenvalue weighted by molar-refractivity contribution is 0.306. The molecular weight excluding hydrogens is 168 g/mol. The summed E-state index contributed by atoms with van der Waals surface area (Å²) < 4.78 is 2.08. The molecule has 0 bridgehead atoms. The third-order valence-electron chi connectivity index (χ3n) is 1.76. The first-order valence-corrected chi connectivity index (χ1v) is 5.15. The van der Waals surface area contributed by atoms with Gasteiger partial charge in [0.15, 0.2) is 0 Å². The lowest BCUT2D eigenvalue weighted by Crippen LogP contribution is -2.31. The Bertz CT molecular complexity index is 115. The minimum Gasteiger partial charge on any atom is -0.315 e. The highest BCUT2D eigenvalue weighted by Crippen LogP contribution is 2.18. The number of nitrogens with zero attached hydrogens (tertiary/aromatic N) is 1. The van der Waals surface area contributed by atoms with Crippen LogP contribution in [0, 0.1) is 5.41 Å². The maximum atomic E-state index is 4.34. The van der Waals surface area contributed by atoms with E-state index < -0.39 is 0 Å². The molecule has 12 heavy (non-hydrogen) atoms. The maximum Gasteiger partial charge on any atom is 0.0213 e. The van der Waals surface area contributed by atoms with Gasteiger partial charge >= 0.3 is 0 Å². The van der Waals surface area contributed by atoms with E-state index in [0.717, 1.165) is 26.2 Å². The van der Waals surface area contributed by atoms with Crippen LogP contribution >= 0.6 is 12.8 Å². The second kappa shape index (κ2) is 5.84. The summed E-state index contributed by atoms with van der Waals surface area (Å²) in [6, 6.07) is 0. The molecule has 0 aromatic carbocycles. The van der Waals surface area contributed by atoms with Crippen molar-refractivity contribution in [1.29, 1.82) is 0 Å². The lowest BCUT2D eigenvalue weighted by Gasteiger charge is -2.24. The van der Waals surface area contributed by atoms with Crippen LogP contribution in [-0.2, 0) is 0 Å². The molecule has 0 spiro atoms. The Morgan fingerprint density at radius 3 is 2.50 bits per heavy atom. The standard InChI is InChI=1S/C7H16N2S.C2H6/c1-7(2)5-8-3-4-9(10)6-7;1-2/h8,10H,3-6H2,1-2H3;1-2H3. The van der Waals surface area contributed by atoms with Gasteiger partial charge in [-0.15, -0.1) is 0 Å². The van der Waals surface area contributed by atoms with Crippen LogP contribution < -0.4 is 5.32 Å². The Labute approximate surface area is 82.3 Å². The van der Waals surface area contributed by atoms with Crippen molar-refractivity contribution in [2.75, 3.05) is 26.2 Å². The normalized spacial score (nSPS) is 23.8. The molecule has 1 aliphatic rings. The van der Waals surface area contributed by atoms with Crippen LogP contribution in [0.4, 0.5) is 0 Å². The Balaban J connectivity index is 0.000000561. The summed E-state index contributed by atoms with van der Waals surface area (Å²) in [7, 11) is 0. The summed E-state index contributed by atoms with van der Waals surface area (Å²) in [5.41, 5.74) is 0.373. The van der Waals surface area contributed by atoms with Gasteiger partial charge in [-0.1, -0.05) is 40.5 Å². The third kappa shape index (κ3) is 5.01. The highest BCUT2D eigenvalue weighted by molar-refractivity contribution is 7.77. The average molecular weight is 190 g/mol. The maximum absolute atomic E-state index is 4.34. The summed E-state index contributed by atoms with van der Waals surface area (Å²) in [4.78, 5) is 0. The zero-order valence-corrected chi connectivity index (χ0v) is 9.62. The fourth-order valence-electron chi connectivity index (χ4n) is 1.26. The molecule has 1 heterocycles. The van der Waals surface area contributed by atoms with Crippen LogP contribution in [-0.4, -0.2) is 30.5 Å². The largest absolute Gasteiger partial charge is 0.315 e. The van der Waals surface area contributed by atoms with Gasteiger partial charge in [0, 0.05) is 26.2 Å². The molecule has 0 aliphatic carbocycles. The fraction of sp³-hybridized carbons (Fsp3) is 1.00. The van der Waals surface area contributed by atoms with Gasteiger partial charge in [-0.25, -0.2) is 0 Å². The molecule has 0 radical (unpaired) electrons. The minimum atomic E-state index is 0.373. The fourth-order valence-corrected chi connectivity index (χ4v) is 1.75. The molecular formula is C9H22N2S. The van der Waals surface area contributed by atoms with Crippen LogP contribution in [0.1, 0.15) is 27.7 Å². The van der Waals surface area contributed by atoms with Gasteiger partial charge < -0.3 is 5.32 Å². The van der Waals surface area contributed by atoms with Gasteiger partial charge in [0.1, 0.15) is 0 Å². The number of rotatable bonds is 0. The zero-order valence-electron chi connectivity index (χ0n) is 8.72. The van der Waals surface area contributed by atoms with Gasteiger partial charge in [-0.2, -0.15) is 0 Å². The molecule has 1 rings (SSSR count). The van der Waals surface area contributed by atoms with Crippen LogP contribution in [0.15, 0.2) is 0 Å². The highest BCUT2D eigenvalue weighted by Gasteiger charge is 2.22. The second-order valence-electron chi connectivity index (χ2n) is 3.73. The van der Waals surface area contributed by atoms with Crippen molar-refractivity contribution in [2.45, 2.75) is 27.7 Å². The molecule has 1 saturated heterocycles. The molecule has 2 nitrogen and oxygen atoms in total. The minimum absolute atomic E-state index is 0.373. The molecule has 0 aromatic heterocycles. The van der Waals surface area contributed by atoms with Crippen LogP contribution in [0.2, 0.25) is 0 Å². The molecule has 0 saturated carbocycles. The predicted octanol–water partition coefficient (Wildman–Crippen LogP) is 1.79. The predicted molar refractivity (Wildman–Crippen MR) is 58.6 cm³/mol. The van der Waals surface area contributed by atoms with Crippen molar-refractivity contribution in [2.24, 2.45) is 5.41 Å². The van der Waals surface area contributed by atoms with E-state index in [2.05, 4.69) is 36.3 Å². The molecule has 0 amide bonds. The van der Waals surface area contributed by atoms with Crippen LogP contribution in [0.5, 0.6) is 0 Å². The van der Waals surface area contributed by atoms with Gasteiger partial charge in [-0.05, 0) is 5.41 Å². The summed E-state index contributed by atoms with van der Waals surface area (Å²) in [5, 5.41) is 3.38. The second-order valence-corrected chi connectivity index (χ2v) is 4.29. The van der Waals surface area contributed by atoms with Crippen molar-refractivity contribution in [3.8, 4) is 0 Å². The highest BCUT2D eigenvalue weighted by atomic mass is 32.1. The molecule has 3 heteroatoms. The van der Waals surface area contributed by atoms with E-state index in [-0.39, 0.29) is 0 Å². The van der Waals surface area contributed by atoms with E-state index in [0.29, 0.717) is 5.41 Å². The SMILES string of the molecule is CC.CC1(C)CNCCN(S)C1. The smallest absolute Gasteiger partial charge is 0.0213 e. The molecule has 0 atom stereocenters. The summed E-state index contributed by atoms with van der Waals surface area (Å²) in [5.74, 6) is 0. The third-order valence-corrected chi connectivity index (χ3v) is 2.10. The van der Waals surface area contributed by atoms with Crippen molar-refractivity contribution in [3.05, 3.63) is 0 Å². The first kappa shape index (κ1) is 12.3. The van der Waals surface area contributed by atoms with Crippen molar-refractivity contribution in [1.82, 2.24) is 9.62 Å². The Morgan fingerprint density at radius 1 is 1.33 bits per heavy atom. The number of nitrogens with one attached hydrogen (secondary N) is 1. The Hall–Kier alpha value is 0.270. The topological polar surface area (TPSA) is 15.3 Å². The van der Waals surface area contributed by atoms with Gasteiger partial charge in [0.2, 0.25) is 0 Å². The number of hydrogen-bond donors (Lipinski definition) is 2.